The van der Waals surface area contributed by atoms with Crippen LogP contribution in [-0.4, -0.2) is 33.0 Å². The van der Waals surface area contributed by atoms with E-state index in [4.69, 9.17) is 19.9 Å². The van der Waals surface area contributed by atoms with Gasteiger partial charge in [0.1, 0.15) is 6.10 Å². The van der Waals surface area contributed by atoms with E-state index in [1.807, 2.05) is 12.1 Å². The van der Waals surface area contributed by atoms with Gasteiger partial charge in [0.2, 0.25) is 0 Å². The molecule has 0 aliphatic carbocycles. The monoisotopic (exact) mass is 265 g/mol. The van der Waals surface area contributed by atoms with Crippen LogP contribution >= 0.6 is 0 Å². The van der Waals surface area contributed by atoms with Gasteiger partial charge < -0.3 is 19.9 Å². The van der Waals surface area contributed by atoms with Crippen molar-refractivity contribution in [2.75, 3.05) is 26.9 Å². The molecular weight excluding hydrogens is 242 g/mol. The van der Waals surface area contributed by atoms with Crippen LogP contribution in [0.2, 0.25) is 0 Å². The van der Waals surface area contributed by atoms with Gasteiger partial charge in [-0.3, -0.25) is 0 Å². The van der Waals surface area contributed by atoms with Gasteiger partial charge >= 0.3 is 0 Å². The maximum absolute atomic E-state index is 6.13. The summed E-state index contributed by atoms with van der Waals surface area (Å²) in [4.78, 5) is 0. The second-order valence-corrected chi connectivity index (χ2v) is 4.97. The molecule has 0 amide bonds. The molecule has 2 N–H and O–H groups in total. The van der Waals surface area contributed by atoms with Crippen molar-refractivity contribution in [3.05, 3.63) is 23.8 Å². The lowest BCUT2D eigenvalue weighted by molar-refractivity contribution is 0.00593. The van der Waals surface area contributed by atoms with E-state index in [0.29, 0.717) is 13.2 Å². The van der Waals surface area contributed by atoms with Crippen molar-refractivity contribution in [2.24, 2.45) is 5.73 Å². The quantitative estimate of drug-likeness (QED) is 0.887. The van der Waals surface area contributed by atoms with Crippen LogP contribution in [0.4, 0.5) is 0 Å². The molecule has 1 aromatic rings. The minimum absolute atomic E-state index is 0.105. The second-order valence-electron chi connectivity index (χ2n) is 4.97. The summed E-state index contributed by atoms with van der Waals surface area (Å²) in [5.74, 6) is 1.83. The minimum Gasteiger partial charge on any atom is -0.493 e. The van der Waals surface area contributed by atoms with Gasteiger partial charge in [-0.15, -0.1) is 0 Å². The first kappa shape index (κ1) is 14.2. The smallest absolute Gasteiger partial charge is 0.165 e. The number of hydrogen-bond donors (Lipinski definition) is 1. The van der Waals surface area contributed by atoms with Crippen LogP contribution in [0.25, 0.3) is 0 Å². The van der Waals surface area contributed by atoms with Crippen molar-refractivity contribution in [3.8, 4) is 11.5 Å². The number of nitrogens with two attached hydrogens (primary N) is 1. The second kappa shape index (κ2) is 6.78. The molecule has 1 fully saturated rings. The number of para-hydroxylation sites is 1. The van der Waals surface area contributed by atoms with Crippen LogP contribution in [0.3, 0.4) is 0 Å². The molecule has 4 heteroatoms. The molecule has 106 valence electrons. The summed E-state index contributed by atoms with van der Waals surface area (Å²) in [6.07, 6.45) is 2.17. The van der Waals surface area contributed by atoms with E-state index in [1.165, 1.54) is 0 Å². The molecule has 2 atom stereocenters. The van der Waals surface area contributed by atoms with E-state index < -0.39 is 0 Å². The van der Waals surface area contributed by atoms with Crippen LogP contribution in [0, 0.1) is 0 Å². The van der Waals surface area contributed by atoms with Gasteiger partial charge in [0.05, 0.1) is 13.7 Å². The molecule has 1 aliphatic heterocycles. The first-order valence-electron chi connectivity index (χ1n) is 6.87. The topological polar surface area (TPSA) is 53.7 Å². The van der Waals surface area contributed by atoms with Crippen LogP contribution < -0.4 is 15.2 Å². The average Bonchev–Trinajstić information content (AvgIpc) is 2.47. The number of ether oxygens (including phenoxy) is 3. The highest BCUT2D eigenvalue weighted by Crippen LogP contribution is 2.36. The summed E-state index contributed by atoms with van der Waals surface area (Å²) in [6, 6.07) is 5.95. The molecule has 0 saturated carbocycles. The fourth-order valence-electron chi connectivity index (χ4n) is 2.31. The summed E-state index contributed by atoms with van der Waals surface area (Å²) in [5.41, 5.74) is 6.88. The first-order valence-corrected chi connectivity index (χ1v) is 6.87. The van der Waals surface area contributed by atoms with Crippen LogP contribution in [-0.2, 0) is 4.74 Å². The minimum atomic E-state index is 0.105. The van der Waals surface area contributed by atoms with E-state index in [1.54, 1.807) is 7.11 Å². The predicted octanol–water partition coefficient (Wildman–Crippen LogP) is 2.32. The van der Waals surface area contributed by atoms with Crippen molar-refractivity contribution < 1.29 is 14.2 Å². The molecule has 1 aromatic carbocycles. The average molecular weight is 265 g/mol. The van der Waals surface area contributed by atoms with Gasteiger partial charge in [-0.2, -0.15) is 0 Å². The maximum Gasteiger partial charge on any atom is 0.165 e. The Kier molecular flexibility index (Phi) is 5.05. The van der Waals surface area contributed by atoms with Crippen LogP contribution in [0.5, 0.6) is 11.5 Å². The standard InChI is InChI=1S/C15H23NO3/c1-11(9-16)13-6-3-7-14(17-2)15(13)19-12-5-4-8-18-10-12/h3,6-7,11-12H,4-5,8-10,16H2,1-2H3. The van der Waals surface area contributed by atoms with E-state index in [0.717, 1.165) is 36.5 Å². The molecular formula is C15H23NO3. The Bertz CT molecular complexity index is 402. The van der Waals surface area contributed by atoms with Gasteiger partial charge in [-0.05, 0) is 31.4 Å². The molecule has 4 nitrogen and oxygen atoms in total. The number of benzene rings is 1. The largest absolute Gasteiger partial charge is 0.493 e. The van der Waals surface area contributed by atoms with Gasteiger partial charge in [0, 0.05) is 12.2 Å². The van der Waals surface area contributed by atoms with Gasteiger partial charge in [0.25, 0.3) is 0 Å². The first-order chi connectivity index (χ1) is 9.26. The molecule has 1 aliphatic rings. The third kappa shape index (κ3) is 3.39. The molecule has 2 rings (SSSR count). The molecule has 0 radical (unpaired) electrons. The Balaban J connectivity index is 2.24. The fraction of sp³-hybridized carbons (Fsp3) is 0.600. The van der Waals surface area contributed by atoms with Gasteiger partial charge in [-0.25, -0.2) is 0 Å². The molecule has 0 aromatic heterocycles. The van der Waals surface area contributed by atoms with Crippen LogP contribution in [0.1, 0.15) is 31.2 Å². The van der Waals surface area contributed by atoms with Crippen molar-refractivity contribution >= 4 is 0 Å². The highest BCUT2D eigenvalue weighted by atomic mass is 16.5. The van der Waals surface area contributed by atoms with Crippen molar-refractivity contribution in [1.82, 2.24) is 0 Å². The van der Waals surface area contributed by atoms with E-state index in [-0.39, 0.29) is 12.0 Å². The SMILES string of the molecule is COc1cccc(C(C)CN)c1OC1CCCOC1. The highest BCUT2D eigenvalue weighted by Gasteiger charge is 2.21. The normalized spacial score (nSPS) is 20.9. The Labute approximate surface area is 114 Å². The van der Waals surface area contributed by atoms with E-state index in [9.17, 15) is 0 Å². The number of methoxy groups -OCH3 is 1. The number of hydrogen-bond acceptors (Lipinski definition) is 4. The molecule has 1 heterocycles. The predicted molar refractivity (Wildman–Crippen MR) is 74.9 cm³/mol. The van der Waals surface area contributed by atoms with Crippen molar-refractivity contribution in [1.29, 1.82) is 0 Å². The highest BCUT2D eigenvalue weighted by molar-refractivity contribution is 5.48. The van der Waals surface area contributed by atoms with Crippen LogP contribution in [0.15, 0.2) is 18.2 Å². The summed E-state index contributed by atoms with van der Waals surface area (Å²) in [6.45, 7) is 4.16. The van der Waals surface area contributed by atoms with E-state index in [2.05, 4.69) is 13.0 Å². The summed E-state index contributed by atoms with van der Waals surface area (Å²) in [7, 11) is 1.66. The Morgan fingerprint density at radius 3 is 2.95 bits per heavy atom. The van der Waals surface area contributed by atoms with Gasteiger partial charge in [0.15, 0.2) is 11.5 Å². The summed E-state index contributed by atoms with van der Waals surface area (Å²) < 4.78 is 17.0. The fourth-order valence-corrected chi connectivity index (χ4v) is 2.31. The molecule has 2 unspecified atom stereocenters. The molecule has 0 spiro atoms. The lowest BCUT2D eigenvalue weighted by Crippen LogP contribution is -2.28. The lowest BCUT2D eigenvalue weighted by atomic mass is 9.99. The number of rotatable bonds is 5. The lowest BCUT2D eigenvalue weighted by Gasteiger charge is -2.26. The van der Waals surface area contributed by atoms with E-state index >= 15 is 0 Å². The Hall–Kier alpha value is -1.26. The summed E-state index contributed by atoms with van der Waals surface area (Å²) in [5, 5.41) is 0. The van der Waals surface area contributed by atoms with Crippen molar-refractivity contribution in [2.45, 2.75) is 31.8 Å². The Morgan fingerprint density at radius 2 is 2.32 bits per heavy atom. The Morgan fingerprint density at radius 1 is 1.47 bits per heavy atom. The zero-order valence-corrected chi connectivity index (χ0v) is 11.7. The zero-order chi connectivity index (χ0) is 13.7. The molecule has 1 saturated heterocycles. The maximum atomic E-state index is 6.13. The molecule has 19 heavy (non-hydrogen) atoms. The third-order valence-corrected chi connectivity index (χ3v) is 3.52. The zero-order valence-electron chi connectivity index (χ0n) is 11.7. The third-order valence-electron chi connectivity index (χ3n) is 3.52. The summed E-state index contributed by atoms with van der Waals surface area (Å²) >= 11 is 0. The van der Waals surface area contributed by atoms with Crippen molar-refractivity contribution in [3.63, 3.8) is 0 Å². The van der Waals surface area contributed by atoms with Gasteiger partial charge in [-0.1, -0.05) is 19.1 Å². The molecule has 0 bridgehead atoms.